The van der Waals surface area contributed by atoms with Gasteiger partial charge in [0.05, 0.1) is 0 Å². The van der Waals surface area contributed by atoms with Crippen LogP contribution in [0.4, 0.5) is 0 Å². The van der Waals surface area contributed by atoms with Gasteiger partial charge in [0.25, 0.3) is 0 Å². The van der Waals surface area contributed by atoms with Crippen LogP contribution in [0.2, 0.25) is 0 Å². The Bertz CT molecular complexity index is 451. The number of benzene rings is 1. The molecule has 2 nitrogen and oxygen atoms in total. The summed E-state index contributed by atoms with van der Waals surface area (Å²) < 4.78 is 5.77. The average molecular weight is 248 g/mol. The predicted molar refractivity (Wildman–Crippen MR) is 69.7 cm³/mol. The standard InChI is InChI=1S/C14H16O2S/c1-9-13(10(2)15)11(3)16-14(9)17-12-7-5-4-6-8-12/h4-9,14H,1-3H3/t9-,14+/m1/s1. The van der Waals surface area contributed by atoms with Crippen LogP contribution in [-0.4, -0.2) is 11.2 Å². The van der Waals surface area contributed by atoms with Gasteiger partial charge >= 0.3 is 0 Å². The van der Waals surface area contributed by atoms with E-state index in [2.05, 4.69) is 12.1 Å². The Morgan fingerprint density at radius 1 is 1.29 bits per heavy atom. The number of ether oxygens (including phenoxy) is 1. The molecule has 90 valence electrons. The van der Waals surface area contributed by atoms with Crippen LogP contribution in [0, 0.1) is 5.92 Å². The molecule has 0 aliphatic carbocycles. The fraction of sp³-hybridized carbons (Fsp3) is 0.357. The molecule has 2 atom stereocenters. The first-order valence-corrected chi connectivity index (χ1v) is 6.57. The van der Waals surface area contributed by atoms with Crippen LogP contribution >= 0.6 is 11.8 Å². The highest BCUT2D eigenvalue weighted by atomic mass is 32.2. The van der Waals surface area contributed by atoms with Gasteiger partial charge in [0.15, 0.2) is 11.2 Å². The first-order valence-electron chi connectivity index (χ1n) is 5.69. The molecule has 0 N–H and O–H groups in total. The molecule has 2 rings (SSSR count). The van der Waals surface area contributed by atoms with E-state index in [1.165, 1.54) is 4.90 Å². The SMILES string of the molecule is CC(=O)C1=C(C)O[C@@H](Sc2ccccc2)[C@@H]1C. The normalized spacial score (nSPS) is 23.7. The van der Waals surface area contributed by atoms with Gasteiger partial charge in [-0.05, 0) is 26.0 Å². The van der Waals surface area contributed by atoms with Crippen molar-refractivity contribution in [1.29, 1.82) is 0 Å². The molecule has 0 amide bonds. The molecular weight excluding hydrogens is 232 g/mol. The zero-order valence-corrected chi connectivity index (χ0v) is 11.1. The van der Waals surface area contributed by atoms with E-state index < -0.39 is 0 Å². The van der Waals surface area contributed by atoms with Gasteiger partial charge in [-0.15, -0.1) is 0 Å². The minimum absolute atomic E-state index is 0.0105. The molecule has 17 heavy (non-hydrogen) atoms. The maximum Gasteiger partial charge on any atom is 0.159 e. The Balaban J connectivity index is 2.10. The van der Waals surface area contributed by atoms with Gasteiger partial charge in [0.1, 0.15) is 5.76 Å². The number of rotatable bonds is 3. The average Bonchev–Trinajstić information content (AvgIpc) is 2.55. The second-order valence-electron chi connectivity index (χ2n) is 4.23. The highest BCUT2D eigenvalue weighted by Crippen LogP contribution is 2.40. The summed E-state index contributed by atoms with van der Waals surface area (Å²) in [5.74, 6) is 1.04. The van der Waals surface area contributed by atoms with Crippen molar-refractivity contribution in [2.75, 3.05) is 0 Å². The summed E-state index contributed by atoms with van der Waals surface area (Å²) in [7, 11) is 0. The molecular formula is C14H16O2S. The van der Waals surface area contributed by atoms with E-state index in [0.29, 0.717) is 0 Å². The van der Waals surface area contributed by atoms with Crippen molar-refractivity contribution in [2.24, 2.45) is 5.92 Å². The molecule has 1 aliphatic heterocycles. The third-order valence-electron chi connectivity index (χ3n) is 2.91. The minimum atomic E-state index is 0.0105. The summed E-state index contributed by atoms with van der Waals surface area (Å²) in [5, 5.41) is 0. The molecule has 0 spiro atoms. The Morgan fingerprint density at radius 2 is 1.94 bits per heavy atom. The summed E-state index contributed by atoms with van der Waals surface area (Å²) in [4.78, 5) is 12.7. The van der Waals surface area contributed by atoms with Crippen LogP contribution in [0.1, 0.15) is 20.8 Å². The third kappa shape index (κ3) is 2.55. The van der Waals surface area contributed by atoms with Crippen molar-refractivity contribution >= 4 is 17.5 Å². The molecule has 0 radical (unpaired) electrons. The molecule has 0 unspecified atom stereocenters. The maximum absolute atomic E-state index is 11.5. The van der Waals surface area contributed by atoms with Gasteiger partial charge in [-0.25, -0.2) is 0 Å². The number of ketones is 1. The van der Waals surface area contributed by atoms with E-state index in [0.717, 1.165) is 11.3 Å². The number of Topliss-reactive ketones (excluding diaryl/α,β-unsaturated/α-hetero) is 1. The lowest BCUT2D eigenvalue weighted by Crippen LogP contribution is -2.14. The van der Waals surface area contributed by atoms with Crippen LogP contribution in [-0.2, 0) is 9.53 Å². The predicted octanol–water partition coefficient (Wildman–Crippen LogP) is 3.63. The second kappa shape index (κ2) is 4.96. The van der Waals surface area contributed by atoms with Gasteiger partial charge in [0.2, 0.25) is 0 Å². The van der Waals surface area contributed by atoms with E-state index >= 15 is 0 Å². The van der Waals surface area contributed by atoms with E-state index in [-0.39, 0.29) is 17.1 Å². The molecule has 0 fully saturated rings. The molecule has 1 heterocycles. The summed E-state index contributed by atoms with van der Waals surface area (Å²) >= 11 is 1.67. The summed E-state index contributed by atoms with van der Waals surface area (Å²) in [5.41, 5.74) is 0.842. The topological polar surface area (TPSA) is 26.3 Å². The first-order chi connectivity index (χ1) is 8.09. The third-order valence-corrected chi connectivity index (χ3v) is 4.19. The number of carbonyl (C=O) groups excluding carboxylic acids is 1. The molecule has 0 bridgehead atoms. The lowest BCUT2D eigenvalue weighted by Gasteiger charge is -2.16. The maximum atomic E-state index is 11.5. The van der Waals surface area contributed by atoms with E-state index in [1.807, 2.05) is 32.0 Å². The van der Waals surface area contributed by atoms with Crippen LogP contribution < -0.4 is 0 Å². The van der Waals surface area contributed by atoms with Crippen molar-refractivity contribution in [3.63, 3.8) is 0 Å². The van der Waals surface area contributed by atoms with E-state index in [1.54, 1.807) is 18.7 Å². The van der Waals surface area contributed by atoms with E-state index in [4.69, 9.17) is 4.74 Å². The van der Waals surface area contributed by atoms with Crippen molar-refractivity contribution in [3.8, 4) is 0 Å². The molecule has 1 aliphatic rings. The number of hydrogen-bond acceptors (Lipinski definition) is 3. The Kier molecular flexibility index (Phi) is 3.57. The molecule has 0 saturated heterocycles. The highest BCUT2D eigenvalue weighted by Gasteiger charge is 2.34. The van der Waals surface area contributed by atoms with E-state index in [9.17, 15) is 4.79 Å². The Hall–Kier alpha value is -1.22. The van der Waals surface area contributed by atoms with Gasteiger partial charge < -0.3 is 4.74 Å². The smallest absolute Gasteiger partial charge is 0.159 e. The van der Waals surface area contributed by atoms with Crippen molar-refractivity contribution in [3.05, 3.63) is 41.7 Å². The monoisotopic (exact) mass is 248 g/mol. The van der Waals surface area contributed by atoms with Gasteiger partial charge in [-0.1, -0.05) is 36.9 Å². The first kappa shape index (κ1) is 12.2. The zero-order valence-electron chi connectivity index (χ0n) is 10.3. The Morgan fingerprint density at radius 3 is 2.47 bits per heavy atom. The van der Waals surface area contributed by atoms with Crippen molar-refractivity contribution < 1.29 is 9.53 Å². The lowest BCUT2D eigenvalue weighted by molar-refractivity contribution is -0.114. The zero-order chi connectivity index (χ0) is 12.4. The van der Waals surface area contributed by atoms with Crippen molar-refractivity contribution in [2.45, 2.75) is 31.1 Å². The van der Waals surface area contributed by atoms with Crippen molar-refractivity contribution in [1.82, 2.24) is 0 Å². The van der Waals surface area contributed by atoms with Crippen LogP contribution in [0.15, 0.2) is 46.6 Å². The van der Waals surface area contributed by atoms with Crippen LogP contribution in [0.25, 0.3) is 0 Å². The number of allylic oxidation sites excluding steroid dienone is 1. The molecule has 0 saturated carbocycles. The minimum Gasteiger partial charge on any atom is -0.483 e. The summed E-state index contributed by atoms with van der Waals surface area (Å²) in [6, 6.07) is 10.1. The summed E-state index contributed by atoms with van der Waals surface area (Å²) in [6.45, 7) is 5.53. The van der Waals surface area contributed by atoms with Crippen LogP contribution in [0.5, 0.6) is 0 Å². The number of hydrogen-bond donors (Lipinski definition) is 0. The van der Waals surface area contributed by atoms with Gasteiger partial charge in [-0.2, -0.15) is 0 Å². The lowest BCUT2D eigenvalue weighted by atomic mass is 10.00. The molecule has 3 heteroatoms. The molecule has 1 aromatic carbocycles. The quantitative estimate of drug-likeness (QED) is 0.817. The molecule has 1 aromatic rings. The van der Waals surface area contributed by atoms with Gasteiger partial charge in [0, 0.05) is 16.4 Å². The van der Waals surface area contributed by atoms with Crippen LogP contribution in [0.3, 0.4) is 0 Å². The second-order valence-corrected chi connectivity index (χ2v) is 5.40. The highest BCUT2D eigenvalue weighted by molar-refractivity contribution is 7.99. The molecule has 0 aromatic heterocycles. The number of thioether (sulfide) groups is 1. The van der Waals surface area contributed by atoms with Gasteiger partial charge in [-0.3, -0.25) is 4.79 Å². The summed E-state index contributed by atoms with van der Waals surface area (Å²) in [6.07, 6.45) is 0. The Labute approximate surface area is 106 Å². The number of carbonyl (C=O) groups is 1. The fourth-order valence-corrected chi connectivity index (χ4v) is 3.24. The largest absolute Gasteiger partial charge is 0.483 e. The fourth-order valence-electron chi connectivity index (χ4n) is 2.12.